The third-order valence-electron chi connectivity index (χ3n) is 4.18. The molecule has 0 saturated heterocycles. The van der Waals surface area contributed by atoms with Gasteiger partial charge in [-0.3, -0.25) is 9.59 Å². The number of amides is 2. The molecule has 2 aromatic heterocycles. The summed E-state index contributed by atoms with van der Waals surface area (Å²) in [6.45, 7) is 0.727. The van der Waals surface area contributed by atoms with Crippen molar-refractivity contribution in [2.45, 2.75) is 12.8 Å². The molecule has 1 aromatic carbocycles. The second kappa shape index (κ2) is 6.82. The fraction of sp³-hybridized carbons (Fsp3) is 0.158. The first kappa shape index (κ1) is 16.1. The van der Waals surface area contributed by atoms with Gasteiger partial charge in [-0.05, 0) is 59.5 Å². The van der Waals surface area contributed by atoms with Crippen LogP contribution in [-0.4, -0.2) is 18.4 Å². The van der Waals surface area contributed by atoms with E-state index >= 15 is 0 Å². The first-order valence-electron chi connectivity index (χ1n) is 8.05. The Hall–Kier alpha value is -2.44. The lowest BCUT2D eigenvalue weighted by Crippen LogP contribution is -2.35. The van der Waals surface area contributed by atoms with Crippen LogP contribution >= 0.6 is 22.7 Å². The van der Waals surface area contributed by atoms with Crippen molar-refractivity contribution in [2.75, 3.05) is 16.8 Å². The first-order valence-corrected chi connectivity index (χ1v) is 9.81. The number of aryl methyl sites for hydroxylation is 1. The molecule has 0 radical (unpaired) electrons. The van der Waals surface area contributed by atoms with Crippen molar-refractivity contribution in [3.63, 3.8) is 0 Å². The van der Waals surface area contributed by atoms with Gasteiger partial charge < -0.3 is 10.2 Å². The topological polar surface area (TPSA) is 49.4 Å². The number of rotatable bonds is 3. The maximum atomic E-state index is 12.7. The molecule has 0 unspecified atom stereocenters. The molecule has 4 nitrogen and oxygen atoms in total. The lowest BCUT2D eigenvalue weighted by atomic mass is 10.0. The molecule has 0 bridgehead atoms. The molecule has 4 rings (SSSR count). The minimum Gasteiger partial charge on any atom is -0.321 e. The number of thiophene rings is 2. The third-order valence-corrected chi connectivity index (χ3v) is 5.90. The highest BCUT2D eigenvalue weighted by Gasteiger charge is 2.24. The maximum absolute atomic E-state index is 12.7. The van der Waals surface area contributed by atoms with Gasteiger partial charge in [-0.25, -0.2) is 0 Å². The zero-order chi connectivity index (χ0) is 17.2. The Kier molecular flexibility index (Phi) is 4.38. The monoisotopic (exact) mass is 368 g/mol. The number of carbonyl (C=O) groups is 2. The summed E-state index contributed by atoms with van der Waals surface area (Å²) in [4.78, 5) is 28.2. The van der Waals surface area contributed by atoms with Crippen molar-refractivity contribution in [2.24, 2.45) is 0 Å². The average molecular weight is 368 g/mol. The molecule has 0 aliphatic carbocycles. The molecule has 1 aliphatic heterocycles. The molecule has 1 N–H and O–H groups in total. The maximum Gasteiger partial charge on any atom is 0.268 e. The highest BCUT2D eigenvalue weighted by Crippen LogP contribution is 2.31. The van der Waals surface area contributed by atoms with Crippen molar-refractivity contribution < 1.29 is 9.59 Å². The summed E-state index contributed by atoms with van der Waals surface area (Å²) in [7, 11) is 0. The van der Waals surface area contributed by atoms with Gasteiger partial charge in [0.1, 0.15) is 0 Å². The van der Waals surface area contributed by atoms with Crippen LogP contribution in [0.1, 0.15) is 31.3 Å². The number of nitrogens with one attached hydrogen (secondary N) is 1. The van der Waals surface area contributed by atoms with Gasteiger partial charge in [0.15, 0.2) is 0 Å². The smallest absolute Gasteiger partial charge is 0.268 e. The van der Waals surface area contributed by atoms with Crippen LogP contribution in [0.4, 0.5) is 11.4 Å². The summed E-state index contributed by atoms with van der Waals surface area (Å²) in [5.41, 5.74) is 2.81. The Morgan fingerprint density at radius 1 is 1.00 bits per heavy atom. The van der Waals surface area contributed by atoms with Gasteiger partial charge in [-0.2, -0.15) is 0 Å². The van der Waals surface area contributed by atoms with Gasteiger partial charge in [0.25, 0.3) is 11.8 Å². The van der Waals surface area contributed by atoms with Crippen LogP contribution in [0.25, 0.3) is 0 Å². The number of anilines is 2. The molecule has 25 heavy (non-hydrogen) atoms. The highest BCUT2D eigenvalue weighted by atomic mass is 32.1. The van der Waals surface area contributed by atoms with Crippen molar-refractivity contribution in [3.8, 4) is 0 Å². The number of carbonyl (C=O) groups excluding carboxylic acids is 2. The summed E-state index contributed by atoms with van der Waals surface area (Å²) < 4.78 is 0. The Balaban J connectivity index is 1.58. The molecule has 126 valence electrons. The largest absolute Gasteiger partial charge is 0.321 e. The van der Waals surface area contributed by atoms with Crippen LogP contribution in [0.5, 0.6) is 0 Å². The van der Waals surface area contributed by atoms with Crippen LogP contribution in [0.15, 0.2) is 53.2 Å². The molecule has 0 spiro atoms. The molecular weight excluding hydrogens is 352 g/mol. The second-order valence-electron chi connectivity index (χ2n) is 5.81. The van der Waals surface area contributed by atoms with Crippen LogP contribution in [0.3, 0.4) is 0 Å². The highest BCUT2D eigenvalue weighted by molar-refractivity contribution is 7.12. The summed E-state index contributed by atoms with van der Waals surface area (Å²) in [5, 5.41) is 6.74. The Labute approximate surface area is 153 Å². The van der Waals surface area contributed by atoms with Crippen LogP contribution in [0, 0.1) is 0 Å². The van der Waals surface area contributed by atoms with Crippen LogP contribution in [0.2, 0.25) is 0 Å². The predicted molar refractivity (Wildman–Crippen MR) is 103 cm³/mol. The van der Waals surface area contributed by atoms with E-state index in [1.165, 1.54) is 22.7 Å². The quantitative estimate of drug-likeness (QED) is 0.731. The summed E-state index contributed by atoms with van der Waals surface area (Å²) in [6, 6.07) is 13.2. The lowest BCUT2D eigenvalue weighted by Gasteiger charge is -2.29. The van der Waals surface area contributed by atoms with Gasteiger partial charge >= 0.3 is 0 Å². The minimum atomic E-state index is -0.0997. The first-order chi connectivity index (χ1) is 12.2. The van der Waals surface area contributed by atoms with E-state index in [-0.39, 0.29) is 11.8 Å². The van der Waals surface area contributed by atoms with Crippen molar-refractivity contribution in [3.05, 3.63) is 68.5 Å². The number of hydrogen-bond donors (Lipinski definition) is 1. The standard InChI is InChI=1S/C19H16N2O2S2/c22-18(16-5-2-10-24-16)20-14-7-8-15-13(12-14)4-1-9-21(15)19(23)17-6-3-11-25-17/h2-3,5-8,10-12H,1,4,9H2,(H,20,22). The molecule has 6 heteroatoms. The van der Waals surface area contributed by atoms with Gasteiger partial charge in [0, 0.05) is 17.9 Å². The van der Waals surface area contributed by atoms with E-state index in [1.54, 1.807) is 6.07 Å². The zero-order valence-electron chi connectivity index (χ0n) is 13.4. The summed E-state index contributed by atoms with van der Waals surface area (Å²) >= 11 is 2.88. The molecule has 0 atom stereocenters. The van der Waals surface area contributed by atoms with E-state index in [0.29, 0.717) is 4.88 Å². The molecule has 3 heterocycles. The third kappa shape index (κ3) is 3.23. The number of benzene rings is 1. The summed E-state index contributed by atoms with van der Waals surface area (Å²) in [5.74, 6) is -0.0522. The molecule has 1 aliphatic rings. The predicted octanol–water partition coefficient (Wildman–Crippen LogP) is 4.65. The molecule has 2 amide bonds. The molecule has 0 saturated carbocycles. The van der Waals surface area contributed by atoms with Crippen LogP contribution < -0.4 is 10.2 Å². The van der Waals surface area contributed by atoms with Crippen LogP contribution in [-0.2, 0) is 6.42 Å². The SMILES string of the molecule is O=C(Nc1ccc2c(c1)CCCN2C(=O)c1cccs1)c1cccs1. The van der Waals surface area contributed by atoms with Gasteiger partial charge in [0.2, 0.25) is 0 Å². The molecular formula is C19H16N2O2S2. The Morgan fingerprint density at radius 2 is 1.76 bits per heavy atom. The van der Waals surface area contributed by atoms with E-state index in [0.717, 1.165) is 41.2 Å². The van der Waals surface area contributed by atoms with Crippen molar-refractivity contribution >= 4 is 45.9 Å². The number of fused-ring (bicyclic) bond motifs is 1. The lowest BCUT2D eigenvalue weighted by molar-refractivity contribution is 0.0987. The van der Waals surface area contributed by atoms with E-state index in [4.69, 9.17) is 0 Å². The number of nitrogens with zero attached hydrogens (tertiary/aromatic N) is 1. The van der Waals surface area contributed by atoms with Crippen molar-refractivity contribution in [1.29, 1.82) is 0 Å². The van der Waals surface area contributed by atoms with Gasteiger partial charge in [-0.15, -0.1) is 22.7 Å². The summed E-state index contributed by atoms with van der Waals surface area (Å²) in [6.07, 6.45) is 1.83. The van der Waals surface area contributed by atoms with Gasteiger partial charge in [-0.1, -0.05) is 12.1 Å². The van der Waals surface area contributed by atoms with E-state index in [9.17, 15) is 9.59 Å². The molecule has 0 fully saturated rings. The van der Waals surface area contributed by atoms with E-state index in [1.807, 2.05) is 52.1 Å². The minimum absolute atomic E-state index is 0.0475. The van der Waals surface area contributed by atoms with Gasteiger partial charge in [0.05, 0.1) is 9.75 Å². The second-order valence-corrected chi connectivity index (χ2v) is 7.71. The zero-order valence-corrected chi connectivity index (χ0v) is 15.0. The fourth-order valence-corrected chi connectivity index (χ4v) is 4.31. The normalized spacial score (nSPS) is 13.4. The van der Waals surface area contributed by atoms with E-state index in [2.05, 4.69) is 5.32 Å². The number of hydrogen-bond acceptors (Lipinski definition) is 4. The van der Waals surface area contributed by atoms with E-state index < -0.39 is 0 Å². The molecule has 3 aromatic rings. The fourth-order valence-electron chi connectivity index (χ4n) is 3.02. The Bertz CT molecular complexity index is 902. The average Bonchev–Trinajstić information content (AvgIpc) is 3.33. The van der Waals surface area contributed by atoms with Crippen molar-refractivity contribution in [1.82, 2.24) is 0 Å². The Morgan fingerprint density at radius 3 is 2.48 bits per heavy atom.